The molecule has 2 heterocycles. The van der Waals surface area contributed by atoms with Gasteiger partial charge >= 0.3 is 6.36 Å². The van der Waals surface area contributed by atoms with Crippen LogP contribution in [0.5, 0.6) is 23.1 Å². The van der Waals surface area contributed by atoms with E-state index < -0.39 is 40.2 Å². The molecular formula is C32H30F3N3O7S. The molecule has 5 rings (SSSR count). The minimum atomic E-state index is -4.98. The van der Waals surface area contributed by atoms with Gasteiger partial charge < -0.3 is 24.3 Å². The van der Waals surface area contributed by atoms with Crippen LogP contribution in [-0.2, 0) is 27.0 Å². The van der Waals surface area contributed by atoms with Gasteiger partial charge in [-0.1, -0.05) is 36.4 Å². The summed E-state index contributed by atoms with van der Waals surface area (Å²) < 4.78 is 81.5. The van der Waals surface area contributed by atoms with Crippen LogP contribution >= 0.6 is 0 Å². The number of para-hydroxylation sites is 1. The van der Waals surface area contributed by atoms with E-state index >= 15 is 0 Å². The maximum absolute atomic E-state index is 12.9. The van der Waals surface area contributed by atoms with E-state index in [0.717, 1.165) is 6.07 Å². The minimum Gasteiger partial charge on any atom is -0.504 e. The van der Waals surface area contributed by atoms with Crippen LogP contribution in [0, 0.1) is 6.92 Å². The van der Waals surface area contributed by atoms with Gasteiger partial charge in [-0.05, 0) is 50.1 Å². The molecule has 0 radical (unpaired) electrons. The number of fused-ring (bicyclic) bond motifs is 3. The Balaban J connectivity index is 1.44. The van der Waals surface area contributed by atoms with Crippen molar-refractivity contribution in [3.05, 3.63) is 77.5 Å². The zero-order valence-electron chi connectivity index (χ0n) is 25.0. The van der Waals surface area contributed by atoms with Crippen molar-refractivity contribution >= 4 is 37.6 Å². The Hall–Kier alpha value is -4.98. The molecule has 1 amide bonds. The molecule has 3 N–H and O–H groups in total. The number of hydrogen-bond donors (Lipinski definition) is 3. The molecule has 0 fully saturated rings. The van der Waals surface area contributed by atoms with Crippen LogP contribution in [0.2, 0.25) is 0 Å². The molecule has 10 nitrogen and oxygen atoms in total. The second-order valence-corrected chi connectivity index (χ2v) is 12.0. The SMILES string of the molecule is CCOc1c(O)c2c(-c3ccc(CS(=O)(=O)NC(=O)Cc4ccccc4OC(F)(F)F)cc3C)[nH]c(OCC)c2c2ncccc12. The van der Waals surface area contributed by atoms with Gasteiger partial charge in [-0.3, -0.25) is 14.5 Å². The molecule has 0 aliphatic heterocycles. The maximum Gasteiger partial charge on any atom is 0.573 e. The highest BCUT2D eigenvalue weighted by Crippen LogP contribution is 2.49. The smallest absolute Gasteiger partial charge is 0.504 e. The van der Waals surface area contributed by atoms with Crippen molar-refractivity contribution in [1.29, 1.82) is 0 Å². The van der Waals surface area contributed by atoms with E-state index in [1.54, 1.807) is 50.4 Å². The number of aromatic amines is 1. The number of phenolic OH excluding ortho intramolecular Hbond substituents is 1. The summed E-state index contributed by atoms with van der Waals surface area (Å²) in [6, 6.07) is 13.4. The van der Waals surface area contributed by atoms with E-state index in [0.29, 0.717) is 63.2 Å². The number of halogens is 3. The van der Waals surface area contributed by atoms with E-state index in [2.05, 4.69) is 14.7 Å². The molecule has 2 aromatic heterocycles. The molecule has 0 atom stereocenters. The topological polar surface area (TPSA) is 140 Å². The average Bonchev–Trinajstić information content (AvgIpc) is 3.34. The molecule has 3 aromatic carbocycles. The van der Waals surface area contributed by atoms with Gasteiger partial charge in [0.05, 0.1) is 47.4 Å². The number of pyridine rings is 1. The second kappa shape index (κ2) is 12.8. The third kappa shape index (κ3) is 6.81. The summed E-state index contributed by atoms with van der Waals surface area (Å²) in [4.78, 5) is 20.3. The number of aromatic nitrogens is 2. The fourth-order valence-electron chi connectivity index (χ4n) is 5.32. The summed E-state index contributed by atoms with van der Waals surface area (Å²) in [5.74, 6) is -1.64. The van der Waals surface area contributed by atoms with Gasteiger partial charge in [0.2, 0.25) is 21.8 Å². The molecule has 0 bridgehead atoms. The monoisotopic (exact) mass is 657 g/mol. The van der Waals surface area contributed by atoms with Crippen molar-refractivity contribution in [2.45, 2.75) is 39.3 Å². The third-order valence-electron chi connectivity index (χ3n) is 7.02. The molecule has 0 saturated carbocycles. The van der Waals surface area contributed by atoms with Gasteiger partial charge in [0.1, 0.15) is 5.75 Å². The van der Waals surface area contributed by atoms with E-state index in [4.69, 9.17) is 9.47 Å². The quantitative estimate of drug-likeness (QED) is 0.151. The van der Waals surface area contributed by atoms with Crippen molar-refractivity contribution < 1.29 is 45.7 Å². The van der Waals surface area contributed by atoms with Crippen LogP contribution in [0.1, 0.15) is 30.5 Å². The molecule has 0 saturated heterocycles. The predicted molar refractivity (Wildman–Crippen MR) is 165 cm³/mol. The van der Waals surface area contributed by atoms with Crippen molar-refractivity contribution in [1.82, 2.24) is 14.7 Å². The molecule has 0 unspecified atom stereocenters. The van der Waals surface area contributed by atoms with Crippen LogP contribution in [0.25, 0.3) is 32.9 Å². The van der Waals surface area contributed by atoms with Gasteiger partial charge in [-0.25, -0.2) is 8.42 Å². The largest absolute Gasteiger partial charge is 0.573 e. The number of carbonyl (C=O) groups excluding carboxylic acids is 1. The van der Waals surface area contributed by atoms with Gasteiger partial charge in [0.15, 0.2) is 11.5 Å². The molecule has 0 aliphatic rings. The number of nitrogens with one attached hydrogen (secondary N) is 2. The molecule has 5 aromatic rings. The van der Waals surface area contributed by atoms with E-state index in [1.807, 2.05) is 11.6 Å². The summed E-state index contributed by atoms with van der Waals surface area (Å²) in [5.41, 5.74) is 2.56. The molecular weight excluding hydrogens is 627 g/mol. The number of sulfonamides is 1. The number of phenols is 1. The number of aromatic hydroxyl groups is 1. The number of benzene rings is 3. The first-order valence-corrected chi connectivity index (χ1v) is 15.8. The second-order valence-electron chi connectivity index (χ2n) is 10.3. The Morgan fingerprint density at radius 1 is 1.02 bits per heavy atom. The number of carbonyl (C=O) groups is 1. The first kappa shape index (κ1) is 32.4. The van der Waals surface area contributed by atoms with E-state index in [1.165, 1.54) is 18.2 Å². The fourth-order valence-corrected chi connectivity index (χ4v) is 6.43. The first-order chi connectivity index (χ1) is 21.8. The number of aryl methyl sites for hydroxylation is 1. The molecule has 0 spiro atoms. The third-order valence-corrected chi connectivity index (χ3v) is 8.27. The number of H-pyrrole nitrogens is 1. The van der Waals surface area contributed by atoms with Crippen molar-refractivity contribution in [2.24, 2.45) is 0 Å². The van der Waals surface area contributed by atoms with Crippen LogP contribution < -0.4 is 18.9 Å². The summed E-state index contributed by atoms with van der Waals surface area (Å²) in [6.07, 6.45) is -4.00. The zero-order chi connectivity index (χ0) is 33.2. The zero-order valence-corrected chi connectivity index (χ0v) is 25.8. The number of ether oxygens (including phenoxy) is 3. The van der Waals surface area contributed by atoms with Crippen LogP contribution in [0.4, 0.5) is 13.2 Å². The number of alkyl halides is 3. The van der Waals surface area contributed by atoms with Crippen LogP contribution in [-0.4, -0.2) is 49.0 Å². The van der Waals surface area contributed by atoms with Gasteiger partial charge in [-0.2, -0.15) is 0 Å². The maximum atomic E-state index is 12.9. The summed E-state index contributed by atoms with van der Waals surface area (Å²) in [6.45, 7) is 6.02. The summed E-state index contributed by atoms with van der Waals surface area (Å²) in [5, 5.41) is 13.0. The average molecular weight is 658 g/mol. The summed E-state index contributed by atoms with van der Waals surface area (Å²) >= 11 is 0. The Morgan fingerprint density at radius 3 is 2.46 bits per heavy atom. The number of amides is 1. The standard InChI is InChI=1S/C32H30F3N3O7S/c1-4-43-30-22-10-8-14-36-27(22)26-25(29(30)40)28(37-31(26)44-5-2)21-13-12-19(15-18(21)3)17-46(41,42)38-24(39)16-20-9-6-7-11-23(20)45-32(33,34)35/h6-15,37,40H,4-5,16-17H2,1-3H3,(H,38,39). The molecule has 242 valence electrons. The number of nitrogens with zero attached hydrogens (tertiary/aromatic N) is 1. The van der Waals surface area contributed by atoms with Crippen LogP contribution in [0.15, 0.2) is 60.8 Å². The summed E-state index contributed by atoms with van der Waals surface area (Å²) in [7, 11) is -4.23. The van der Waals surface area contributed by atoms with Crippen molar-refractivity contribution in [3.8, 4) is 34.4 Å². The highest BCUT2D eigenvalue weighted by molar-refractivity contribution is 7.89. The molecule has 0 aliphatic carbocycles. The van der Waals surface area contributed by atoms with Gasteiger partial charge in [0, 0.05) is 22.7 Å². The highest BCUT2D eigenvalue weighted by atomic mass is 32.2. The lowest BCUT2D eigenvalue weighted by Crippen LogP contribution is -2.33. The lowest BCUT2D eigenvalue weighted by Gasteiger charge is -2.14. The number of hydrogen-bond acceptors (Lipinski definition) is 8. The Labute approximate surface area is 262 Å². The lowest BCUT2D eigenvalue weighted by atomic mass is 9.98. The molecule has 14 heteroatoms. The van der Waals surface area contributed by atoms with Gasteiger partial charge in [0.25, 0.3) is 0 Å². The Kier molecular flexibility index (Phi) is 9.01. The van der Waals surface area contributed by atoms with Crippen molar-refractivity contribution in [3.63, 3.8) is 0 Å². The van der Waals surface area contributed by atoms with Gasteiger partial charge in [-0.15, -0.1) is 13.2 Å². The molecule has 46 heavy (non-hydrogen) atoms. The normalized spacial score (nSPS) is 12.0. The first-order valence-electron chi connectivity index (χ1n) is 14.2. The Bertz CT molecular complexity index is 2040. The lowest BCUT2D eigenvalue weighted by molar-refractivity contribution is -0.274. The fraction of sp³-hybridized carbons (Fsp3) is 0.250. The highest BCUT2D eigenvalue weighted by Gasteiger charge is 2.32. The Morgan fingerprint density at radius 2 is 1.76 bits per heavy atom. The van der Waals surface area contributed by atoms with Crippen molar-refractivity contribution in [2.75, 3.05) is 13.2 Å². The minimum absolute atomic E-state index is 0.106. The number of rotatable bonds is 11. The van der Waals surface area contributed by atoms with E-state index in [9.17, 15) is 31.5 Å². The van der Waals surface area contributed by atoms with Crippen LogP contribution in [0.3, 0.4) is 0 Å². The predicted octanol–water partition coefficient (Wildman–Crippen LogP) is 6.28. The van der Waals surface area contributed by atoms with E-state index in [-0.39, 0.29) is 17.1 Å².